The molecular weight excluding hydrogens is 230 g/mol. The van der Waals surface area contributed by atoms with Gasteiger partial charge >= 0.3 is 5.97 Å². The van der Waals surface area contributed by atoms with Gasteiger partial charge in [0, 0.05) is 36.1 Å². The minimum Gasteiger partial charge on any atom is -0.481 e. The fraction of sp³-hybridized carbons (Fsp3) is 0.286. The van der Waals surface area contributed by atoms with Gasteiger partial charge in [-0.1, -0.05) is 11.6 Å². The molecule has 2 rings (SSSR count). The fourth-order valence-electron chi connectivity index (χ4n) is 2.08. The molecule has 0 amide bonds. The summed E-state index contributed by atoms with van der Waals surface area (Å²) in [5.41, 5.74) is 2.68. The summed E-state index contributed by atoms with van der Waals surface area (Å²) < 4.78 is 1.89. The lowest BCUT2D eigenvalue weighted by Crippen LogP contribution is -2.03. The number of Topliss-reactive ketones (excluding diaryl/α,β-unsaturated/α-hetero) is 1. The number of hydrogen-bond donors (Lipinski definition) is 1. The highest BCUT2D eigenvalue weighted by atomic mass is 16.4. The predicted molar refractivity (Wildman–Crippen MR) is 68.9 cm³/mol. The first kappa shape index (κ1) is 12.4. The highest BCUT2D eigenvalue weighted by Crippen LogP contribution is 2.23. The van der Waals surface area contributed by atoms with Crippen LogP contribution in [-0.2, 0) is 11.8 Å². The van der Waals surface area contributed by atoms with Crippen molar-refractivity contribution in [3.05, 3.63) is 35.5 Å². The molecule has 0 aliphatic rings. The Morgan fingerprint density at radius 3 is 2.67 bits per heavy atom. The van der Waals surface area contributed by atoms with Gasteiger partial charge in [-0.2, -0.15) is 0 Å². The summed E-state index contributed by atoms with van der Waals surface area (Å²) in [5.74, 6) is -1.06. The maximum absolute atomic E-state index is 12.0. The van der Waals surface area contributed by atoms with Gasteiger partial charge in [0.05, 0.1) is 6.42 Å². The van der Waals surface area contributed by atoms with E-state index < -0.39 is 5.97 Å². The monoisotopic (exact) mass is 245 g/mol. The van der Waals surface area contributed by atoms with Gasteiger partial charge in [0.25, 0.3) is 0 Å². The molecule has 4 heteroatoms. The lowest BCUT2D eigenvalue weighted by Gasteiger charge is -1.99. The Balaban J connectivity index is 2.41. The van der Waals surface area contributed by atoms with E-state index in [1.54, 1.807) is 6.20 Å². The van der Waals surface area contributed by atoms with Gasteiger partial charge in [0.15, 0.2) is 5.78 Å². The Hall–Kier alpha value is -2.10. The second kappa shape index (κ2) is 4.64. The van der Waals surface area contributed by atoms with Gasteiger partial charge < -0.3 is 9.67 Å². The number of carbonyl (C=O) groups excluding carboxylic acids is 1. The first-order chi connectivity index (χ1) is 8.49. The average Bonchev–Trinajstić information content (AvgIpc) is 2.63. The standard InChI is InChI=1S/C14H15NO3/c1-9-3-4-12-10(7-9)11(8-15(12)2)13(16)5-6-14(17)18/h3-4,7-8H,5-6H2,1-2H3,(H,17,18). The summed E-state index contributed by atoms with van der Waals surface area (Å²) in [6, 6.07) is 5.93. The lowest BCUT2D eigenvalue weighted by molar-refractivity contribution is -0.136. The van der Waals surface area contributed by atoms with Crippen molar-refractivity contribution in [2.45, 2.75) is 19.8 Å². The summed E-state index contributed by atoms with van der Waals surface area (Å²) in [4.78, 5) is 22.5. The predicted octanol–water partition coefficient (Wildman–Crippen LogP) is 2.53. The van der Waals surface area contributed by atoms with E-state index in [0.29, 0.717) is 5.56 Å². The van der Waals surface area contributed by atoms with Crippen molar-refractivity contribution in [2.24, 2.45) is 7.05 Å². The molecule has 4 nitrogen and oxygen atoms in total. The van der Waals surface area contributed by atoms with Gasteiger partial charge in [0.1, 0.15) is 0 Å². The SMILES string of the molecule is Cc1ccc2c(c1)c(C(=O)CCC(=O)O)cn2C. The molecule has 0 fully saturated rings. The molecule has 1 aromatic carbocycles. The van der Waals surface area contributed by atoms with Crippen molar-refractivity contribution >= 4 is 22.7 Å². The van der Waals surface area contributed by atoms with E-state index in [-0.39, 0.29) is 18.6 Å². The number of carboxylic acids is 1. The molecule has 18 heavy (non-hydrogen) atoms. The third kappa shape index (κ3) is 2.27. The quantitative estimate of drug-likeness (QED) is 0.842. The fourth-order valence-corrected chi connectivity index (χ4v) is 2.08. The number of carbonyl (C=O) groups is 2. The number of aliphatic carboxylic acids is 1. The maximum Gasteiger partial charge on any atom is 0.303 e. The van der Waals surface area contributed by atoms with Crippen molar-refractivity contribution in [1.29, 1.82) is 0 Å². The number of carboxylic acid groups (broad SMARTS) is 1. The van der Waals surface area contributed by atoms with Gasteiger partial charge in [-0.05, 0) is 19.1 Å². The molecule has 1 N–H and O–H groups in total. The van der Waals surface area contributed by atoms with Crippen molar-refractivity contribution in [3.63, 3.8) is 0 Å². The lowest BCUT2D eigenvalue weighted by atomic mass is 10.0. The molecule has 94 valence electrons. The number of aryl methyl sites for hydroxylation is 2. The first-order valence-electron chi connectivity index (χ1n) is 5.79. The van der Waals surface area contributed by atoms with Gasteiger partial charge in [-0.3, -0.25) is 9.59 Å². The highest BCUT2D eigenvalue weighted by molar-refractivity contribution is 6.08. The van der Waals surface area contributed by atoms with Crippen molar-refractivity contribution < 1.29 is 14.7 Å². The number of benzene rings is 1. The normalized spacial score (nSPS) is 10.8. The van der Waals surface area contributed by atoms with Crippen molar-refractivity contribution in [1.82, 2.24) is 4.57 Å². The Morgan fingerprint density at radius 1 is 1.28 bits per heavy atom. The molecule has 0 radical (unpaired) electrons. The maximum atomic E-state index is 12.0. The summed E-state index contributed by atoms with van der Waals surface area (Å²) in [5, 5.41) is 9.51. The molecule has 0 spiro atoms. The number of fused-ring (bicyclic) bond motifs is 1. The molecule has 2 aromatic rings. The van der Waals surface area contributed by atoms with Crippen LogP contribution in [0.1, 0.15) is 28.8 Å². The van der Waals surface area contributed by atoms with Crippen LogP contribution in [0.25, 0.3) is 10.9 Å². The first-order valence-corrected chi connectivity index (χ1v) is 5.79. The molecule has 0 bridgehead atoms. The molecule has 1 aromatic heterocycles. The van der Waals surface area contributed by atoms with Crippen LogP contribution in [0.3, 0.4) is 0 Å². The zero-order valence-corrected chi connectivity index (χ0v) is 10.4. The average molecular weight is 245 g/mol. The zero-order valence-electron chi connectivity index (χ0n) is 10.4. The Bertz CT molecular complexity index is 625. The van der Waals surface area contributed by atoms with Crippen LogP contribution >= 0.6 is 0 Å². The van der Waals surface area contributed by atoms with Gasteiger partial charge in [0.2, 0.25) is 0 Å². The number of ketones is 1. The molecule has 1 heterocycles. The second-order valence-electron chi connectivity index (χ2n) is 4.49. The number of nitrogens with zero attached hydrogens (tertiary/aromatic N) is 1. The number of rotatable bonds is 4. The zero-order chi connectivity index (χ0) is 13.3. The van der Waals surface area contributed by atoms with E-state index in [1.807, 2.05) is 36.7 Å². The summed E-state index contributed by atoms with van der Waals surface area (Å²) in [7, 11) is 1.88. The molecule has 0 saturated carbocycles. The Labute approximate surface area is 105 Å². The van der Waals surface area contributed by atoms with Crippen LogP contribution < -0.4 is 0 Å². The highest BCUT2D eigenvalue weighted by Gasteiger charge is 2.14. The van der Waals surface area contributed by atoms with E-state index in [9.17, 15) is 9.59 Å². The Morgan fingerprint density at radius 2 is 2.00 bits per heavy atom. The summed E-state index contributed by atoms with van der Waals surface area (Å²) >= 11 is 0. The van der Waals surface area contributed by atoms with Crippen molar-refractivity contribution in [3.8, 4) is 0 Å². The van der Waals surface area contributed by atoms with Crippen LogP contribution in [0.4, 0.5) is 0 Å². The van der Waals surface area contributed by atoms with E-state index in [0.717, 1.165) is 16.5 Å². The van der Waals surface area contributed by atoms with E-state index >= 15 is 0 Å². The molecule has 0 atom stereocenters. The molecular formula is C14H15NO3. The van der Waals surface area contributed by atoms with Crippen LogP contribution in [0, 0.1) is 6.92 Å². The van der Waals surface area contributed by atoms with Crippen LogP contribution in [0.5, 0.6) is 0 Å². The minimum absolute atomic E-state index is 0.0440. The Kier molecular flexibility index (Phi) is 3.19. The van der Waals surface area contributed by atoms with Gasteiger partial charge in [-0.15, -0.1) is 0 Å². The second-order valence-corrected chi connectivity index (χ2v) is 4.49. The van der Waals surface area contributed by atoms with E-state index in [1.165, 1.54) is 0 Å². The largest absolute Gasteiger partial charge is 0.481 e. The molecule has 0 unspecified atom stereocenters. The van der Waals surface area contributed by atoms with Gasteiger partial charge in [-0.25, -0.2) is 0 Å². The minimum atomic E-state index is -0.945. The van der Waals surface area contributed by atoms with Crippen LogP contribution in [-0.4, -0.2) is 21.4 Å². The molecule has 0 aliphatic carbocycles. The van der Waals surface area contributed by atoms with Crippen molar-refractivity contribution in [2.75, 3.05) is 0 Å². The number of aromatic nitrogens is 1. The summed E-state index contributed by atoms with van der Waals surface area (Å²) in [6.45, 7) is 1.97. The van der Waals surface area contributed by atoms with Crippen LogP contribution in [0.15, 0.2) is 24.4 Å². The topological polar surface area (TPSA) is 59.3 Å². The van der Waals surface area contributed by atoms with Crippen LogP contribution in [0.2, 0.25) is 0 Å². The number of hydrogen-bond acceptors (Lipinski definition) is 2. The summed E-state index contributed by atoms with van der Waals surface area (Å²) in [6.07, 6.45) is 1.69. The van der Waals surface area contributed by atoms with E-state index in [4.69, 9.17) is 5.11 Å². The molecule has 0 aliphatic heterocycles. The smallest absolute Gasteiger partial charge is 0.303 e. The third-order valence-electron chi connectivity index (χ3n) is 3.01. The van der Waals surface area contributed by atoms with E-state index in [2.05, 4.69) is 0 Å². The molecule has 0 saturated heterocycles. The third-order valence-corrected chi connectivity index (χ3v) is 3.01.